The molecule has 1 atom stereocenters. The Bertz CT molecular complexity index is 461. The second-order valence-corrected chi connectivity index (χ2v) is 5.26. The quantitative estimate of drug-likeness (QED) is 0.612. The Morgan fingerprint density at radius 3 is 2.45 bits per heavy atom. The molecule has 0 saturated carbocycles. The van der Waals surface area contributed by atoms with E-state index in [1.54, 1.807) is 19.1 Å². The van der Waals surface area contributed by atoms with E-state index in [1.165, 1.54) is 6.07 Å². The number of nitro benzene ring substituents is 1. The molecule has 0 heterocycles. The van der Waals surface area contributed by atoms with E-state index in [0.29, 0.717) is 11.3 Å². The predicted molar refractivity (Wildman–Crippen MR) is 80.2 cm³/mol. The Balaban J connectivity index is 2.90. The van der Waals surface area contributed by atoms with E-state index >= 15 is 0 Å². The molecule has 0 aliphatic rings. The Kier molecular flexibility index (Phi) is 5.91. The summed E-state index contributed by atoms with van der Waals surface area (Å²) in [5.41, 5.74) is 1.18. The lowest BCUT2D eigenvalue weighted by molar-refractivity contribution is -0.384. The first-order chi connectivity index (χ1) is 9.32. The summed E-state index contributed by atoms with van der Waals surface area (Å²) < 4.78 is 0. The van der Waals surface area contributed by atoms with Gasteiger partial charge < -0.3 is 14.9 Å². The highest BCUT2D eigenvalue weighted by atomic mass is 16.6. The molecule has 0 fully saturated rings. The summed E-state index contributed by atoms with van der Waals surface area (Å²) in [5, 5.41) is 20.7. The van der Waals surface area contributed by atoms with Crippen molar-refractivity contribution in [3.63, 3.8) is 0 Å². The van der Waals surface area contributed by atoms with Gasteiger partial charge in [0.25, 0.3) is 5.69 Å². The number of benzene rings is 1. The van der Waals surface area contributed by atoms with Crippen molar-refractivity contribution in [1.29, 1.82) is 0 Å². The Morgan fingerprint density at radius 2 is 1.95 bits per heavy atom. The molecular weight excluding hydrogens is 258 g/mol. The second-order valence-electron chi connectivity index (χ2n) is 5.26. The van der Waals surface area contributed by atoms with Crippen LogP contribution >= 0.6 is 0 Å². The third-order valence-electron chi connectivity index (χ3n) is 3.19. The van der Waals surface area contributed by atoms with Crippen LogP contribution in [-0.2, 0) is 0 Å². The van der Waals surface area contributed by atoms with Crippen LogP contribution in [0.2, 0.25) is 0 Å². The van der Waals surface area contributed by atoms with Gasteiger partial charge in [-0.1, -0.05) is 6.07 Å². The third kappa shape index (κ3) is 4.47. The molecule has 6 heteroatoms. The van der Waals surface area contributed by atoms with Crippen LogP contribution < -0.4 is 4.90 Å². The number of hydrogen-bond acceptors (Lipinski definition) is 5. The molecule has 1 rings (SSSR count). The molecule has 0 aliphatic heterocycles. The number of anilines is 1. The summed E-state index contributed by atoms with van der Waals surface area (Å²) in [4.78, 5) is 14.7. The van der Waals surface area contributed by atoms with E-state index in [9.17, 15) is 15.2 Å². The zero-order valence-corrected chi connectivity index (χ0v) is 12.5. The average Bonchev–Trinajstić information content (AvgIpc) is 2.37. The zero-order valence-electron chi connectivity index (χ0n) is 12.5. The fraction of sp³-hybridized carbons (Fsp3) is 0.571. The molecule has 0 aromatic heterocycles. The highest BCUT2D eigenvalue weighted by Gasteiger charge is 2.19. The number of rotatable bonds is 7. The van der Waals surface area contributed by atoms with Gasteiger partial charge in [-0.3, -0.25) is 10.1 Å². The molecule has 1 aromatic carbocycles. The molecule has 0 radical (unpaired) electrons. The van der Waals surface area contributed by atoms with Crippen molar-refractivity contribution in [3.8, 4) is 0 Å². The van der Waals surface area contributed by atoms with Crippen molar-refractivity contribution in [2.24, 2.45) is 0 Å². The minimum absolute atomic E-state index is 0.0377. The highest BCUT2D eigenvalue weighted by molar-refractivity contribution is 5.64. The molecule has 0 aliphatic carbocycles. The average molecular weight is 281 g/mol. The van der Waals surface area contributed by atoms with E-state index < -0.39 is 11.0 Å². The fourth-order valence-corrected chi connectivity index (χ4v) is 2.01. The van der Waals surface area contributed by atoms with E-state index in [4.69, 9.17) is 0 Å². The SMILES string of the molecule is CC(O)c1ccc(N(C)CCCN(C)C)c([N+](=O)[O-])c1. The van der Waals surface area contributed by atoms with Crippen molar-refractivity contribution < 1.29 is 10.0 Å². The van der Waals surface area contributed by atoms with Gasteiger partial charge in [0.1, 0.15) is 5.69 Å². The van der Waals surface area contributed by atoms with Gasteiger partial charge in [0.15, 0.2) is 0 Å². The van der Waals surface area contributed by atoms with Crippen LogP contribution in [0.4, 0.5) is 11.4 Å². The van der Waals surface area contributed by atoms with Crippen molar-refractivity contribution >= 4 is 11.4 Å². The lowest BCUT2D eigenvalue weighted by atomic mass is 10.1. The zero-order chi connectivity index (χ0) is 15.3. The van der Waals surface area contributed by atoms with Crippen LogP contribution in [0.1, 0.15) is 25.0 Å². The first-order valence-corrected chi connectivity index (χ1v) is 6.65. The third-order valence-corrected chi connectivity index (χ3v) is 3.19. The maximum absolute atomic E-state index is 11.2. The number of nitro groups is 1. The van der Waals surface area contributed by atoms with Crippen molar-refractivity contribution in [2.45, 2.75) is 19.4 Å². The molecule has 1 unspecified atom stereocenters. The van der Waals surface area contributed by atoms with Gasteiger partial charge in [0.2, 0.25) is 0 Å². The van der Waals surface area contributed by atoms with E-state index in [0.717, 1.165) is 19.5 Å². The van der Waals surface area contributed by atoms with Crippen LogP contribution in [0.25, 0.3) is 0 Å². The normalized spacial score (nSPS) is 12.5. The van der Waals surface area contributed by atoms with Gasteiger partial charge >= 0.3 is 0 Å². The Morgan fingerprint density at radius 1 is 1.30 bits per heavy atom. The molecule has 6 nitrogen and oxygen atoms in total. The lowest BCUT2D eigenvalue weighted by Crippen LogP contribution is -2.24. The maximum Gasteiger partial charge on any atom is 0.292 e. The lowest BCUT2D eigenvalue weighted by Gasteiger charge is -2.21. The minimum Gasteiger partial charge on any atom is -0.389 e. The molecule has 1 N–H and O–H groups in total. The topological polar surface area (TPSA) is 69.8 Å². The van der Waals surface area contributed by atoms with E-state index in [1.807, 2.05) is 26.0 Å². The van der Waals surface area contributed by atoms with Crippen molar-refractivity contribution in [1.82, 2.24) is 4.90 Å². The van der Waals surface area contributed by atoms with E-state index in [2.05, 4.69) is 4.90 Å². The summed E-state index contributed by atoms with van der Waals surface area (Å²) in [6.07, 6.45) is 0.223. The van der Waals surface area contributed by atoms with Gasteiger partial charge in [0.05, 0.1) is 11.0 Å². The summed E-state index contributed by atoms with van der Waals surface area (Å²) in [6.45, 7) is 3.27. The molecule has 0 saturated heterocycles. The highest BCUT2D eigenvalue weighted by Crippen LogP contribution is 2.30. The van der Waals surface area contributed by atoms with Crippen LogP contribution in [0.3, 0.4) is 0 Å². The summed E-state index contributed by atoms with van der Waals surface area (Å²) in [6, 6.07) is 4.88. The van der Waals surface area contributed by atoms with Crippen molar-refractivity contribution in [3.05, 3.63) is 33.9 Å². The van der Waals surface area contributed by atoms with Gasteiger partial charge in [-0.05, 0) is 45.6 Å². The van der Waals surface area contributed by atoms with Gasteiger partial charge in [-0.15, -0.1) is 0 Å². The van der Waals surface area contributed by atoms with Crippen LogP contribution in [0.15, 0.2) is 18.2 Å². The van der Waals surface area contributed by atoms with Gasteiger partial charge in [-0.2, -0.15) is 0 Å². The minimum atomic E-state index is -0.707. The smallest absolute Gasteiger partial charge is 0.292 e. The second kappa shape index (κ2) is 7.21. The summed E-state index contributed by atoms with van der Waals surface area (Å²) in [7, 11) is 5.85. The van der Waals surface area contributed by atoms with Gasteiger partial charge in [-0.25, -0.2) is 0 Å². The number of aliphatic hydroxyl groups is 1. The number of nitrogens with zero attached hydrogens (tertiary/aromatic N) is 3. The summed E-state index contributed by atoms with van der Waals surface area (Å²) >= 11 is 0. The molecule has 1 aromatic rings. The van der Waals surface area contributed by atoms with Crippen LogP contribution in [-0.4, -0.2) is 49.2 Å². The van der Waals surface area contributed by atoms with Gasteiger partial charge in [0, 0.05) is 19.7 Å². The van der Waals surface area contributed by atoms with Crippen LogP contribution in [0.5, 0.6) is 0 Å². The molecule has 0 bridgehead atoms. The first kappa shape index (κ1) is 16.4. The summed E-state index contributed by atoms with van der Waals surface area (Å²) in [5.74, 6) is 0. The molecule has 0 amide bonds. The molecule has 20 heavy (non-hydrogen) atoms. The van der Waals surface area contributed by atoms with Crippen molar-refractivity contribution in [2.75, 3.05) is 39.1 Å². The predicted octanol–water partition coefficient (Wildman–Crippen LogP) is 2.04. The molecule has 112 valence electrons. The van der Waals surface area contributed by atoms with E-state index in [-0.39, 0.29) is 5.69 Å². The maximum atomic E-state index is 11.2. The fourth-order valence-electron chi connectivity index (χ4n) is 2.01. The first-order valence-electron chi connectivity index (χ1n) is 6.65. The monoisotopic (exact) mass is 281 g/mol. The Hall–Kier alpha value is -1.66. The number of aliphatic hydroxyl groups excluding tert-OH is 1. The standard InChI is InChI=1S/C14H23N3O3/c1-11(18)12-6-7-13(14(10-12)17(19)20)16(4)9-5-8-15(2)3/h6-7,10-11,18H,5,8-9H2,1-4H3. The van der Waals surface area contributed by atoms with Crippen LogP contribution in [0, 0.1) is 10.1 Å². The largest absolute Gasteiger partial charge is 0.389 e. The number of hydrogen-bond donors (Lipinski definition) is 1. The molecule has 0 spiro atoms. The molecular formula is C14H23N3O3. The Labute approximate surface area is 119 Å².